The first-order valence-corrected chi connectivity index (χ1v) is 11.9. The fourth-order valence-corrected chi connectivity index (χ4v) is 6.04. The number of methoxy groups -OCH3 is 3. The molecule has 1 saturated heterocycles. The predicted octanol–water partition coefficient (Wildman–Crippen LogP) is 4.33. The minimum absolute atomic E-state index is 0.126. The van der Waals surface area contributed by atoms with Gasteiger partial charge >= 0.3 is 0 Å². The first-order chi connectivity index (χ1) is 16.9. The van der Waals surface area contributed by atoms with Crippen molar-refractivity contribution in [1.29, 1.82) is 0 Å². The zero-order valence-corrected chi connectivity index (χ0v) is 20.2. The molecule has 1 atom stereocenters. The van der Waals surface area contributed by atoms with Crippen molar-refractivity contribution in [2.45, 2.75) is 11.4 Å². The van der Waals surface area contributed by atoms with Gasteiger partial charge in [0.25, 0.3) is 5.91 Å². The SMILES string of the molecule is COc1cc(N2C(=O)CSC23C(=O)N(Cc2ccc(F)cc2)c2ccccc23)cc(OC)c1OC. The van der Waals surface area contributed by atoms with E-state index in [0.29, 0.717) is 28.6 Å². The lowest BCUT2D eigenvalue weighted by Crippen LogP contribution is -2.49. The average molecular weight is 495 g/mol. The minimum Gasteiger partial charge on any atom is -0.493 e. The standard InChI is InChI=1S/C26H23FN2O5S/c1-32-21-12-18(13-22(33-2)24(21)34-3)29-23(30)15-35-26(29)19-6-4-5-7-20(19)28(25(26)31)14-16-8-10-17(27)11-9-16/h4-13H,14-15H2,1-3H3. The molecule has 1 spiro atoms. The number of nitrogens with zero attached hydrogens (tertiary/aromatic N) is 2. The zero-order chi connectivity index (χ0) is 24.7. The first kappa shape index (κ1) is 23.0. The van der Waals surface area contributed by atoms with E-state index in [1.165, 1.54) is 50.1 Å². The van der Waals surface area contributed by atoms with Gasteiger partial charge in [-0.05, 0) is 23.8 Å². The van der Waals surface area contributed by atoms with Crippen LogP contribution in [0.15, 0.2) is 60.7 Å². The van der Waals surface area contributed by atoms with Crippen molar-refractivity contribution in [3.63, 3.8) is 0 Å². The van der Waals surface area contributed by atoms with Crippen LogP contribution in [0.5, 0.6) is 17.2 Å². The van der Waals surface area contributed by atoms with E-state index in [1.54, 1.807) is 29.2 Å². The van der Waals surface area contributed by atoms with E-state index in [2.05, 4.69) is 0 Å². The zero-order valence-electron chi connectivity index (χ0n) is 19.4. The van der Waals surface area contributed by atoms with Gasteiger partial charge in [-0.1, -0.05) is 30.3 Å². The number of halogens is 1. The highest BCUT2D eigenvalue weighted by molar-refractivity contribution is 8.02. The molecule has 2 amide bonds. The number of ether oxygens (including phenoxy) is 3. The van der Waals surface area contributed by atoms with Crippen LogP contribution in [0.1, 0.15) is 11.1 Å². The Bertz CT molecular complexity index is 1290. The number of amides is 2. The summed E-state index contributed by atoms with van der Waals surface area (Å²) in [6.07, 6.45) is 0. The average Bonchev–Trinajstić information content (AvgIpc) is 3.35. The third-order valence-corrected chi connectivity index (χ3v) is 7.61. The van der Waals surface area contributed by atoms with Gasteiger partial charge in [-0.2, -0.15) is 0 Å². The van der Waals surface area contributed by atoms with E-state index in [0.717, 1.165) is 11.1 Å². The maximum absolute atomic E-state index is 14.2. The molecule has 0 radical (unpaired) electrons. The van der Waals surface area contributed by atoms with Crippen molar-refractivity contribution in [2.75, 3.05) is 36.9 Å². The highest BCUT2D eigenvalue weighted by Gasteiger charge is 2.61. The van der Waals surface area contributed by atoms with Crippen molar-refractivity contribution in [3.05, 3.63) is 77.6 Å². The molecule has 0 aromatic heterocycles. The summed E-state index contributed by atoms with van der Waals surface area (Å²) in [6.45, 7) is 0.246. The van der Waals surface area contributed by atoms with Crippen LogP contribution in [0.25, 0.3) is 0 Å². The maximum Gasteiger partial charge on any atom is 0.269 e. The van der Waals surface area contributed by atoms with Crippen LogP contribution >= 0.6 is 11.8 Å². The molecule has 2 aliphatic rings. The monoisotopic (exact) mass is 494 g/mol. The van der Waals surface area contributed by atoms with E-state index < -0.39 is 4.87 Å². The summed E-state index contributed by atoms with van der Waals surface area (Å²) in [5.41, 5.74) is 2.67. The molecule has 9 heteroatoms. The molecule has 2 heterocycles. The molecular formula is C26H23FN2O5S. The number of hydrogen-bond acceptors (Lipinski definition) is 6. The van der Waals surface area contributed by atoms with Gasteiger partial charge in [0, 0.05) is 17.7 Å². The highest BCUT2D eigenvalue weighted by Crippen LogP contribution is 2.57. The van der Waals surface area contributed by atoms with Crippen LogP contribution in [-0.4, -0.2) is 38.9 Å². The van der Waals surface area contributed by atoms with Crippen LogP contribution in [0.3, 0.4) is 0 Å². The summed E-state index contributed by atoms with van der Waals surface area (Å²) in [7, 11) is 4.50. The Balaban J connectivity index is 1.65. The summed E-state index contributed by atoms with van der Waals surface area (Å²) in [4.78, 5) is 29.4. The van der Waals surface area contributed by atoms with Gasteiger partial charge in [-0.3, -0.25) is 14.5 Å². The summed E-state index contributed by atoms with van der Waals surface area (Å²) in [5.74, 6) is 0.476. The topological polar surface area (TPSA) is 68.3 Å². The molecule has 0 N–H and O–H groups in total. The molecular weight excluding hydrogens is 471 g/mol. The molecule has 0 bridgehead atoms. The molecule has 35 heavy (non-hydrogen) atoms. The van der Waals surface area contributed by atoms with Crippen LogP contribution < -0.4 is 24.0 Å². The minimum atomic E-state index is -1.29. The van der Waals surface area contributed by atoms with Crippen LogP contribution in [0, 0.1) is 5.82 Å². The van der Waals surface area contributed by atoms with E-state index in [1.807, 2.05) is 24.3 Å². The smallest absolute Gasteiger partial charge is 0.269 e. The van der Waals surface area contributed by atoms with Crippen LogP contribution in [-0.2, 0) is 21.0 Å². The Labute approximate surface area is 206 Å². The van der Waals surface area contributed by atoms with Crippen molar-refractivity contribution in [2.24, 2.45) is 0 Å². The first-order valence-electron chi connectivity index (χ1n) is 10.9. The number of rotatable bonds is 6. The maximum atomic E-state index is 14.2. The molecule has 180 valence electrons. The second kappa shape index (κ2) is 8.81. The van der Waals surface area contributed by atoms with Crippen molar-refractivity contribution in [3.8, 4) is 17.2 Å². The van der Waals surface area contributed by atoms with Gasteiger partial charge in [0.1, 0.15) is 5.82 Å². The summed E-state index contributed by atoms with van der Waals surface area (Å²) in [5, 5.41) is 0. The number of para-hydroxylation sites is 1. The van der Waals surface area contributed by atoms with E-state index in [-0.39, 0.29) is 29.9 Å². The Morgan fingerprint density at radius 3 is 2.23 bits per heavy atom. The fraction of sp³-hybridized carbons (Fsp3) is 0.231. The molecule has 3 aromatic carbocycles. The quantitative estimate of drug-likeness (QED) is 0.508. The lowest BCUT2D eigenvalue weighted by atomic mass is 10.0. The molecule has 1 unspecified atom stereocenters. The van der Waals surface area contributed by atoms with Crippen molar-refractivity contribution >= 4 is 35.0 Å². The second-order valence-electron chi connectivity index (χ2n) is 8.08. The Morgan fingerprint density at radius 2 is 1.60 bits per heavy atom. The molecule has 1 fully saturated rings. The second-order valence-corrected chi connectivity index (χ2v) is 9.25. The highest BCUT2D eigenvalue weighted by atomic mass is 32.2. The summed E-state index contributed by atoms with van der Waals surface area (Å²) >= 11 is 1.28. The van der Waals surface area contributed by atoms with Crippen LogP contribution in [0.2, 0.25) is 0 Å². The normalized spacial score (nSPS) is 18.9. The number of thioether (sulfide) groups is 1. The molecule has 0 saturated carbocycles. The third-order valence-electron chi connectivity index (χ3n) is 6.23. The van der Waals surface area contributed by atoms with Gasteiger partial charge in [0.2, 0.25) is 16.5 Å². The lowest BCUT2D eigenvalue weighted by Gasteiger charge is -2.33. The Morgan fingerprint density at radius 1 is 0.943 bits per heavy atom. The molecule has 5 rings (SSSR count). The van der Waals surface area contributed by atoms with Gasteiger partial charge in [0.15, 0.2) is 11.5 Å². The molecule has 3 aromatic rings. The number of hydrogen-bond donors (Lipinski definition) is 0. The van der Waals surface area contributed by atoms with Gasteiger partial charge in [-0.25, -0.2) is 4.39 Å². The van der Waals surface area contributed by atoms with E-state index in [4.69, 9.17) is 14.2 Å². The number of benzene rings is 3. The Kier molecular flexibility index (Phi) is 5.80. The van der Waals surface area contributed by atoms with E-state index in [9.17, 15) is 14.0 Å². The van der Waals surface area contributed by atoms with Gasteiger partial charge in [0.05, 0.1) is 45.0 Å². The number of anilines is 2. The third kappa shape index (κ3) is 3.49. The van der Waals surface area contributed by atoms with Gasteiger partial charge in [-0.15, -0.1) is 11.8 Å². The van der Waals surface area contributed by atoms with Crippen molar-refractivity contribution < 1.29 is 28.2 Å². The van der Waals surface area contributed by atoms with E-state index >= 15 is 0 Å². The van der Waals surface area contributed by atoms with Crippen LogP contribution in [0.4, 0.5) is 15.8 Å². The molecule has 0 aliphatic carbocycles. The predicted molar refractivity (Wildman–Crippen MR) is 132 cm³/mol. The largest absolute Gasteiger partial charge is 0.493 e. The summed E-state index contributed by atoms with van der Waals surface area (Å²) in [6, 6.07) is 16.8. The van der Waals surface area contributed by atoms with Gasteiger partial charge < -0.3 is 19.1 Å². The lowest BCUT2D eigenvalue weighted by molar-refractivity contribution is -0.123. The van der Waals surface area contributed by atoms with Crippen molar-refractivity contribution in [1.82, 2.24) is 0 Å². The molecule has 2 aliphatic heterocycles. The molecule has 7 nitrogen and oxygen atoms in total. The number of carbonyl (C=O) groups is 2. The fourth-order valence-electron chi connectivity index (χ4n) is 4.68. The number of carbonyl (C=O) groups excluding carboxylic acids is 2. The number of fused-ring (bicyclic) bond motifs is 2. The summed E-state index contributed by atoms with van der Waals surface area (Å²) < 4.78 is 29.9. The Hall–Kier alpha value is -3.72.